The van der Waals surface area contributed by atoms with Crippen LogP contribution in [0.1, 0.15) is 5.56 Å². The zero-order chi connectivity index (χ0) is 17.0. The van der Waals surface area contributed by atoms with Gasteiger partial charge in [-0.05, 0) is 12.1 Å². The number of esters is 1. The van der Waals surface area contributed by atoms with Crippen LogP contribution in [0.4, 0.5) is 0 Å². The standard InChI is InChI=1S/C15H18O8/c16-7-10-12(19)13(20)14(21)15(22-10)23-11(18)6-5-8-3-1-2-4-9(8)17/h1-6,10,12-17,19-21H,7H2/b6-5+/t10-,12-,13+,14-,15?/m1/s1. The van der Waals surface area contributed by atoms with Crippen LogP contribution in [0, 0.1) is 0 Å². The molecule has 5 N–H and O–H groups in total. The van der Waals surface area contributed by atoms with E-state index < -0.39 is 43.3 Å². The summed E-state index contributed by atoms with van der Waals surface area (Å²) in [4.78, 5) is 11.7. The van der Waals surface area contributed by atoms with E-state index in [0.717, 1.165) is 6.08 Å². The maximum absolute atomic E-state index is 11.7. The van der Waals surface area contributed by atoms with Crippen LogP contribution in [0.15, 0.2) is 30.3 Å². The van der Waals surface area contributed by atoms with Gasteiger partial charge < -0.3 is 35.0 Å². The van der Waals surface area contributed by atoms with E-state index in [1.165, 1.54) is 12.1 Å². The molecule has 1 aliphatic rings. The van der Waals surface area contributed by atoms with Crippen molar-refractivity contribution >= 4 is 12.0 Å². The maximum atomic E-state index is 11.7. The Bertz CT molecular complexity index is 570. The third kappa shape index (κ3) is 4.06. The lowest BCUT2D eigenvalue weighted by molar-refractivity contribution is -0.291. The van der Waals surface area contributed by atoms with E-state index in [2.05, 4.69) is 0 Å². The summed E-state index contributed by atoms with van der Waals surface area (Å²) < 4.78 is 9.89. The molecule has 0 aliphatic carbocycles. The summed E-state index contributed by atoms with van der Waals surface area (Å²) in [6, 6.07) is 6.32. The number of carbonyl (C=O) groups is 1. The Hall–Kier alpha value is -1.97. The third-order valence-corrected chi connectivity index (χ3v) is 3.42. The van der Waals surface area contributed by atoms with Crippen molar-refractivity contribution in [2.24, 2.45) is 0 Å². The number of benzene rings is 1. The lowest BCUT2D eigenvalue weighted by atomic mass is 9.99. The summed E-state index contributed by atoms with van der Waals surface area (Å²) in [5.41, 5.74) is 0.387. The van der Waals surface area contributed by atoms with Crippen molar-refractivity contribution in [2.45, 2.75) is 30.7 Å². The topological polar surface area (TPSA) is 137 Å². The van der Waals surface area contributed by atoms with Gasteiger partial charge in [-0.3, -0.25) is 0 Å². The van der Waals surface area contributed by atoms with Gasteiger partial charge in [0.05, 0.1) is 6.61 Å². The summed E-state index contributed by atoms with van der Waals surface area (Å²) in [7, 11) is 0. The van der Waals surface area contributed by atoms with Gasteiger partial charge in [0.2, 0.25) is 6.29 Å². The molecule has 0 amide bonds. The molecular weight excluding hydrogens is 308 g/mol. The molecule has 1 saturated heterocycles. The highest BCUT2D eigenvalue weighted by Gasteiger charge is 2.45. The number of hydrogen-bond donors (Lipinski definition) is 5. The van der Waals surface area contributed by atoms with Crippen molar-refractivity contribution in [1.82, 2.24) is 0 Å². The van der Waals surface area contributed by atoms with Crippen molar-refractivity contribution in [3.8, 4) is 5.75 Å². The Kier molecular flexibility index (Phi) is 5.69. The molecule has 0 saturated carbocycles. The summed E-state index contributed by atoms with van der Waals surface area (Å²) in [5.74, 6) is -0.915. The van der Waals surface area contributed by atoms with Gasteiger partial charge >= 0.3 is 5.97 Å². The summed E-state index contributed by atoms with van der Waals surface area (Å²) >= 11 is 0. The highest BCUT2D eigenvalue weighted by Crippen LogP contribution is 2.22. The molecule has 1 heterocycles. The molecule has 8 nitrogen and oxygen atoms in total. The second-order valence-electron chi connectivity index (χ2n) is 5.03. The van der Waals surface area contributed by atoms with Crippen LogP contribution in [0.5, 0.6) is 5.75 Å². The Morgan fingerprint density at radius 2 is 1.87 bits per heavy atom. The number of aliphatic hydroxyl groups is 4. The summed E-state index contributed by atoms with van der Waals surface area (Å²) in [6.45, 7) is -0.618. The highest BCUT2D eigenvalue weighted by molar-refractivity contribution is 5.87. The smallest absolute Gasteiger partial charge is 0.333 e. The fourth-order valence-electron chi connectivity index (χ4n) is 2.10. The molecule has 126 valence electrons. The van der Waals surface area contributed by atoms with E-state index in [9.17, 15) is 25.2 Å². The predicted octanol–water partition coefficient (Wildman–Crippen LogP) is -1.25. The fraction of sp³-hybridized carbons (Fsp3) is 0.400. The first-order chi connectivity index (χ1) is 10.9. The van der Waals surface area contributed by atoms with Gasteiger partial charge in [-0.15, -0.1) is 0 Å². The van der Waals surface area contributed by atoms with Gasteiger partial charge in [0.25, 0.3) is 0 Å². The average molecular weight is 326 g/mol. The number of aromatic hydroxyl groups is 1. The first kappa shape index (κ1) is 17.4. The molecule has 5 atom stereocenters. The number of para-hydroxylation sites is 1. The van der Waals surface area contributed by atoms with Crippen LogP contribution >= 0.6 is 0 Å². The van der Waals surface area contributed by atoms with Gasteiger partial charge in [-0.1, -0.05) is 18.2 Å². The summed E-state index contributed by atoms with van der Waals surface area (Å²) in [6.07, 6.45) is -5.18. The largest absolute Gasteiger partial charge is 0.507 e. The molecule has 1 aliphatic heterocycles. The number of phenols is 1. The van der Waals surface area contributed by atoms with E-state index in [1.54, 1.807) is 18.2 Å². The zero-order valence-corrected chi connectivity index (χ0v) is 12.0. The van der Waals surface area contributed by atoms with Crippen molar-refractivity contribution in [2.75, 3.05) is 6.61 Å². The molecule has 0 radical (unpaired) electrons. The van der Waals surface area contributed by atoms with E-state index in [4.69, 9.17) is 14.6 Å². The van der Waals surface area contributed by atoms with Crippen molar-refractivity contribution in [3.63, 3.8) is 0 Å². The van der Waals surface area contributed by atoms with E-state index in [0.29, 0.717) is 5.56 Å². The van der Waals surface area contributed by atoms with E-state index >= 15 is 0 Å². The van der Waals surface area contributed by atoms with Crippen LogP contribution in [-0.2, 0) is 14.3 Å². The SMILES string of the molecule is O=C(/C=C/c1ccccc1O)OC1O[C@H](CO)[C@@H](O)[C@H](O)[C@H]1O. The molecule has 8 heteroatoms. The first-order valence-electron chi connectivity index (χ1n) is 6.91. The number of ether oxygens (including phenoxy) is 2. The van der Waals surface area contributed by atoms with Crippen molar-refractivity contribution in [3.05, 3.63) is 35.9 Å². The highest BCUT2D eigenvalue weighted by atomic mass is 16.7. The summed E-state index contributed by atoms with van der Waals surface area (Å²) in [5, 5.41) is 47.5. The molecule has 0 spiro atoms. The van der Waals surface area contributed by atoms with Crippen LogP contribution in [-0.4, -0.2) is 68.8 Å². The molecule has 1 aromatic rings. The van der Waals surface area contributed by atoms with Crippen LogP contribution in [0.25, 0.3) is 6.08 Å². The Balaban J connectivity index is 2.00. The van der Waals surface area contributed by atoms with Crippen molar-refractivity contribution < 1.29 is 39.8 Å². The minimum absolute atomic E-state index is 0.0237. The number of phenolic OH excluding ortho intramolecular Hbond substituents is 1. The second-order valence-corrected chi connectivity index (χ2v) is 5.03. The number of rotatable bonds is 4. The van der Waals surface area contributed by atoms with E-state index in [-0.39, 0.29) is 5.75 Å². The van der Waals surface area contributed by atoms with Crippen molar-refractivity contribution in [1.29, 1.82) is 0 Å². The fourth-order valence-corrected chi connectivity index (χ4v) is 2.10. The van der Waals surface area contributed by atoms with Crippen LogP contribution in [0.3, 0.4) is 0 Å². The lowest BCUT2D eigenvalue weighted by Gasteiger charge is -2.38. The number of hydrogen-bond acceptors (Lipinski definition) is 8. The molecule has 2 rings (SSSR count). The van der Waals surface area contributed by atoms with Gasteiger partial charge in [-0.2, -0.15) is 0 Å². The van der Waals surface area contributed by atoms with Gasteiger partial charge in [0.15, 0.2) is 0 Å². The molecule has 23 heavy (non-hydrogen) atoms. The Morgan fingerprint density at radius 1 is 1.17 bits per heavy atom. The first-order valence-corrected chi connectivity index (χ1v) is 6.91. The quantitative estimate of drug-likeness (QED) is 0.342. The van der Waals surface area contributed by atoms with Crippen LogP contribution in [0.2, 0.25) is 0 Å². The minimum atomic E-state index is -1.66. The minimum Gasteiger partial charge on any atom is -0.507 e. The molecule has 0 aromatic heterocycles. The Morgan fingerprint density at radius 3 is 2.52 bits per heavy atom. The molecule has 1 fully saturated rings. The Labute approximate surface area is 131 Å². The zero-order valence-electron chi connectivity index (χ0n) is 12.0. The molecule has 1 aromatic carbocycles. The monoisotopic (exact) mass is 326 g/mol. The third-order valence-electron chi connectivity index (χ3n) is 3.42. The van der Waals surface area contributed by atoms with Gasteiger partial charge in [-0.25, -0.2) is 4.79 Å². The molecular formula is C15H18O8. The predicted molar refractivity (Wildman–Crippen MR) is 77.0 cm³/mol. The second kappa shape index (κ2) is 7.53. The number of aliphatic hydroxyl groups excluding tert-OH is 4. The molecule has 0 bridgehead atoms. The normalized spacial score (nSPS) is 31.2. The average Bonchev–Trinajstić information content (AvgIpc) is 2.54. The van der Waals surface area contributed by atoms with E-state index in [1.807, 2.05) is 0 Å². The lowest BCUT2D eigenvalue weighted by Crippen LogP contribution is -2.59. The maximum Gasteiger partial charge on any atom is 0.333 e. The van der Waals surface area contributed by atoms with Crippen LogP contribution < -0.4 is 0 Å². The van der Waals surface area contributed by atoms with Gasteiger partial charge in [0, 0.05) is 11.6 Å². The van der Waals surface area contributed by atoms with Gasteiger partial charge in [0.1, 0.15) is 30.2 Å². The number of carbonyl (C=O) groups excluding carboxylic acids is 1. The molecule has 1 unspecified atom stereocenters.